The van der Waals surface area contributed by atoms with Crippen LogP contribution in [0.5, 0.6) is 5.75 Å². The number of hydrogen-bond donors (Lipinski definition) is 1. The number of benzene rings is 1. The summed E-state index contributed by atoms with van der Waals surface area (Å²) < 4.78 is 7.14. The van der Waals surface area contributed by atoms with Crippen LogP contribution in [0.3, 0.4) is 0 Å². The number of aromatic nitrogens is 3. The minimum absolute atomic E-state index is 0.308. The van der Waals surface area contributed by atoms with E-state index in [9.17, 15) is 4.79 Å². The lowest BCUT2D eigenvalue weighted by Gasteiger charge is -2.13. The molecule has 3 aromatic rings. The van der Waals surface area contributed by atoms with Gasteiger partial charge in [-0.15, -0.1) is 6.42 Å². The molecule has 6 heteroatoms. The Balaban J connectivity index is 1.97. The van der Waals surface area contributed by atoms with E-state index in [-0.39, 0.29) is 5.91 Å². The molecule has 0 aliphatic heterocycles. The van der Waals surface area contributed by atoms with E-state index in [1.807, 2.05) is 13.8 Å². The second kappa shape index (κ2) is 6.42. The van der Waals surface area contributed by atoms with Crippen LogP contribution in [-0.4, -0.2) is 27.1 Å². The summed E-state index contributed by atoms with van der Waals surface area (Å²) in [5.74, 6) is 2.84. The van der Waals surface area contributed by atoms with Gasteiger partial charge in [0.2, 0.25) is 0 Å². The lowest BCUT2D eigenvalue weighted by Crippen LogP contribution is -2.13. The number of carbonyl (C=O) groups excluding carboxylic acids is 1. The van der Waals surface area contributed by atoms with Gasteiger partial charge in [0.15, 0.2) is 5.65 Å². The van der Waals surface area contributed by atoms with E-state index >= 15 is 0 Å². The largest absolute Gasteiger partial charge is 0.492 e. The second-order valence-electron chi connectivity index (χ2n) is 5.14. The molecule has 0 saturated heterocycles. The van der Waals surface area contributed by atoms with Crippen LogP contribution in [0.2, 0.25) is 0 Å². The third kappa shape index (κ3) is 2.79. The van der Waals surface area contributed by atoms with Crippen molar-refractivity contribution in [2.75, 3.05) is 11.9 Å². The number of ether oxygens (including phenoxy) is 1. The molecule has 0 aliphatic rings. The van der Waals surface area contributed by atoms with Crippen LogP contribution in [0.4, 0.5) is 5.69 Å². The van der Waals surface area contributed by atoms with Crippen molar-refractivity contribution in [2.45, 2.75) is 13.8 Å². The van der Waals surface area contributed by atoms with Gasteiger partial charge in [-0.1, -0.05) is 5.92 Å². The summed E-state index contributed by atoms with van der Waals surface area (Å²) in [5, 5.41) is 6.98. The molecule has 0 aliphatic carbocycles. The van der Waals surface area contributed by atoms with Crippen LogP contribution in [0.25, 0.3) is 5.65 Å². The molecule has 3 rings (SSSR count). The van der Waals surface area contributed by atoms with Crippen LogP contribution in [0.15, 0.2) is 36.8 Å². The molecule has 2 heterocycles. The van der Waals surface area contributed by atoms with E-state index in [0.717, 1.165) is 11.1 Å². The van der Waals surface area contributed by atoms with Crippen molar-refractivity contribution in [1.29, 1.82) is 0 Å². The maximum absolute atomic E-state index is 12.6. The van der Waals surface area contributed by atoms with Crippen LogP contribution in [0.1, 0.15) is 28.4 Å². The van der Waals surface area contributed by atoms with Crippen molar-refractivity contribution in [3.8, 4) is 18.1 Å². The molecular weight excluding hydrogens is 304 g/mol. The molecule has 0 unspecified atom stereocenters. The Kier molecular flexibility index (Phi) is 4.17. The fourth-order valence-electron chi connectivity index (χ4n) is 2.39. The van der Waals surface area contributed by atoms with Crippen LogP contribution in [0, 0.1) is 19.3 Å². The fraction of sp³-hybridized carbons (Fsp3) is 0.167. The number of carbonyl (C=O) groups is 1. The summed E-state index contributed by atoms with van der Waals surface area (Å²) in [5.41, 5.74) is 3.05. The first-order valence-electron chi connectivity index (χ1n) is 7.47. The lowest BCUT2D eigenvalue weighted by molar-refractivity contribution is 0.102. The van der Waals surface area contributed by atoms with Gasteiger partial charge in [-0.25, -0.2) is 9.50 Å². The van der Waals surface area contributed by atoms with Gasteiger partial charge in [-0.05, 0) is 37.6 Å². The predicted octanol–water partition coefficient (Wildman–Crippen LogP) is 2.67. The molecule has 0 saturated carbocycles. The number of fused-ring (bicyclic) bond motifs is 1. The zero-order chi connectivity index (χ0) is 17.1. The van der Waals surface area contributed by atoms with E-state index in [4.69, 9.17) is 11.2 Å². The zero-order valence-electron chi connectivity index (χ0n) is 13.4. The first kappa shape index (κ1) is 15.6. The van der Waals surface area contributed by atoms with Crippen molar-refractivity contribution in [2.24, 2.45) is 0 Å². The minimum Gasteiger partial charge on any atom is -0.492 e. The molecule has 2 aromatic heterocycles. The molecule has 0 atom stereocenters. The maximum atomic E-state index is 12.6. The van der Waals surface area contributed by atoms with Crippen LogP contribution >= 0.6 is 0 Å². The average Bonchev–Trinajstić information content (AvgIpc) is 3.01. The highest BCUT2D eigenvalue weighted by Gasteiger charge is 2.16. The van der Waals surface area contributed by atoms with E-state index in [2.05, 4.69) is 21.3 Å². The Morgan fingerprint density at radius 1 is 1.46 bits per heavy atom. The first-order chi connectivity index (χ1) is 11.6. The monoisotopic (exact) mass is 320 g/mol. The summed E-state index contributed by atoms with van der Waals surface area (Å²) in [6.07, 6.45) is 10.3. The second-order valence-corrected chi connectivity index (χ2v) is 5.14. The van der Waals surface area contributed by atoms with E-state index in [1.165, 1.54) is 6.20 Å². The number of hydrogen-bond acceptors (Lipinski definition) is 4. The predicted molar refractivity (Wildman–Crippen MR) is 91.2 cm³/mol. The van der Waals surface area contributed by atoms with Gasteiger partial charge in [0.05, 0.1) is 18.5 Å². The third-order valence-electron chi connectivity index (χ3n) is 3.55. The van der Waals surface area contributed by atoms with Crippen molar-refractivity contribution in [3.05, 3.63) is 53.5 Å². The van der Waals surface area contributed by atoms with Crippen LogP contribution < -0.4 is 10.1 Å². The Bertz CT molecular complexity index is 953. The standard InChI is InChI=1S/C18H16N4O2/c1-4-13-10-16(24-5-2)15(9-12(13)3)21-18(23)14-11-20-22-8-6-7-19-17(14)22/h1,6-11H,5H2,2-3H3,(H,21,23). The number of anilines is 1. The Labute approximate surface area is 139 Å². The molecule has 1 aromatic carbocycles. The summed E-state index contributed by atoms with van der Waals surface area (Å²) in [7, 11) is 0. The van der Waals surface area contributed by atoms with Gasteiger partial charge in [-0.3, -0.25) is 4.79 Å². The maximum Gasteiger partial charge on any atom is 0.261 e. The quantitative estimate of drug-likeness (QED) is 0.750. The van der Waals surface area contributed by atoms with Crippen molar-refractivity contribution < 1.29 is 9.53 Å². The molecule has 0 bridgehead atoms. The summed E-state index contributed by atoms with van der Waals surface area (Å²) in [6, 6.07) is 5.30. The van der Waals surface area contributed by atoms with Gasteiger partial charge in [-0.2, -0.15) is 5.10 Å². The van der Waals surface area contributed by atoms with Gasteiger partial charge >= 0.3 is 0 Å². The third-order valence-corrected chi connectivity index (χ3v) is 3.55. The number of aryl methyl sites for hydroxylation is 1. The minimum atomic E-state index is -0.308. The molecule has 120 valence electrons. The average molecular weight is 320 g/mol. The number of rotatable bonds is 4. The molecule has 0 radical (unpaired) electrons. The fourth-order valence-corrected chi connectivity index (χ4v) is 2.39. The van der Waals surface area contributed by atoms with Gasteiger partial charge in [0.1, 0.15) is 11.3 Å². The van der Waals surface area contributed by atoms with E-state index in [1.54, 1.807) is 35.1 Å². The Hall–Kier alpha value is -3.33. The highest BCUT2D eigenvalue weighted by Crippen LogP contribution is 2.29. The summed E-state index contributed by atoms with van der Waals surface area (Å²) in [6.45, 7) is 4.22. The Morgan fingerprint density at radius 2 is 2.29 bits per heavy atom. The first-order valence-corrected chi connectivity index (χ1v) is 7.47. The number of nitrogens with one attached hydrogen (secondary N) is 1. The number of terminal acetylenes is 1. The molecule has 6 nitrogen and oxygen atoms in total. The van der Waals surface area contributed by atoms with E-state index in [0.29, 0.717) is 29.3 Å². The number of amides is 1. The van der Waals surface area contributed by atoms with Gasteiger partial charge in [0.25, 0.3) is 5.91 Å². The van der Waals surface area contributed by atoms with Crippen LogP contribution in [-0.2, 0) is 0 Å². The molecule has 1 amide bonds. The molecule has 24 heavy (non-hydrogen) atoms. The summed E-state index contributed by atoms with van der Waals surface area (Å²) >= 11 is 0. The topological polar surface area (TPSA) is 68.5 Å². The zero-order valence-corrected chi connectivity index (χ0v) is 13.4. The highest BCUT2D eigenvalue weighted by atomic mass is 16.5. The lowest BCUT2D eigenvalue weighted by atomic mass is 10.1. The molecular formula is C18H16N4O2. The van der Waals surface area contributed by atoms with Gasteiger partial charge < -0.3 is 10.1 Å². The molecule has 0 spiro atoms. The van der Waals surface area contributed by atoms with E-state index < -0.39 is 0 Å². The SMILES string of the molecule is C#Cc1cc(OCC)c(NC(=O)c2cnn3cccnc23)cc1C. The number of nitrogens with zero attached hydrogens (tertiary/aromatic N) is 3. The van der Waals surface area contributed by atoms with Crippen molar-refractivity contribution in [1.82, 2.24) is 14.6 Å². The highest BCUT2D eigenvalue weighted by molar-refractivity contribution is 6.08. The van der Waals surface area contributed by atoms with Crippen molar-refractivity contribution >= 4 is 17.2 Å². The van der Waals surface area contributed by atoms with Gasteiger partial charge in [0, 0.05) is 18.0 Å². The molecule has 1 N–H and O–H groups in total. The van der Waals surface area contributed by atoms with Crippen molar-refractivity contribution in [3.63, 3.8) is 0 Å². The normalized spacial score (nSPS) is 10.4. The smallest absolute Gasteiger partial charge is 0.261 e. The Morgan fingerprint density at radius 3 is 3.04 bits per heavy atom. The summed E-state index contributed by atoms with van der Waals surface area (Å²) in [4.78, 5) is 16.8. The molecule has 0 fully saturated rings.